The minimum atomic E-state index is 0.249. The summed E-state index contributed by atoms with van der Waals surface area (Å²) in [5, 5.41) is 12.7. The van der Waals surface area contributed by atoms with Gasteiger partial charge in [0.05, 0.1) is 10.9 Å². The van der Waals surface area contributed by atoms with E-state index in [0.717, 1.165) is 9.21 Å². The van der Waals surface area contributed by atoms with Gasteiger partial charge >= 0.3 is 0 Å². The number of nitrogens with zero attached hydrogens (tertiary/aromatic N) is 2. The summed E-state index contributed by atoms with van der Waals surface area (Å²) in [5.74, 6) is 0. The van der Waals surface area contributed by atoms with Crippen LogP contribution in [0.15, 0.2) is 12.1 Å². The Morgan fingerprint density at radius 1 is 1.38 bits per heavy atom. The summed E-state index contributed by atoms with van der Waals surface area (Å²) in [6, 6.07) is 5.77. The maximum absolute atomic E-state index is 8.71. The molecule has 0 aliphatic heterocycles. The molecule has 16 heavy (non-hydrogen) atoms. The van der Waals surface area contributed by atoms with Gasteiger partial charge in [0, 0.05) is 4.88 Å². The van der Waals surface area contributed by atoms with Crippen molar-refractivity contribution in [2.24, 2.45) is 0 Å². The zero-order chi connectivity index (χ0) is 11.5. The van der Waals surface area contributed by atoms with Crippen LogP contribution in [0.5, 0.6) is 0 Å². The molecule has 0 atom stereocenters. The average Bonchev–Trinajstić information content (AvgIpc) is 2.82. The summed E-state index contributed by atoms with van der Waals surface area (Å²) >= 11 is 14.3. The minimum Gasteiger partial charge on any atom is -0.357 e. The van der Waals surface area contributed by atoms with Crippen molar-refractivity contribution < 1.29 is 0 Å². The van der Waals surface area contributed by atoms with E-state index in [-0.39, 0.29) is 5.15 Å². The fourth-order valence-electron chi connectivity index (χ4n) is 1.06. The van der Waals surface area contributed by atoms with Gasteiger partial charge in [-0.2, -0.15) is 5.26 Å². The number of aromatic nitrogens is 1. The van der Waals surface area contributed by atoms with Crippen LogP contribution in [0, 0.1) is 11.3 Å². The van der Waals surface area contributed by atoms with Crippen molar-refractivity contribution in [3.8, 4) is 6.07 Å². The van der Waals surface area contributed by atoms with E-state index < -0.39 is 0 Å². The van der Waals surface area contributed by atoms with E-state index in [9.17, 15) is 0 Å². The number of hydrogen-bond donors (Lipinski definition) is 1. The molecule has 0 radical (unpaired) electrons. The zero-order valence-electron chi connectivity index (χ0n) is 7.83. The molecule has 7 heteroatoms. The Labute approximate surface area is 110 Å². The van der Waals surface area contributed by atoms with Gasteiger partial charge in [0.15, 0.2) is 10.3 Å². The third-order valence-electron chi connectivity index (χ3n) is 1.73. The molecular weight excluding hydrogens is 285 g/mol. The third kappa shape index (κ3) is 2.66. The van der Waals surface area contributed by atoms with Gasteiger partial charge in [-0.05, 0) is 12.1 Å². The number of halogens is 2. The first-order chi connectivity index (χ1) is 7.69. The molecule has 0 fully saturated rings. The van der Waals surface area contributed by atoms with Gasteiger partial charge in [-0.3, -0.25) is 0 Å². The summed E-state index contributed by atoms with van der Waals surface area (Å²) in [4.78, 5) is 5.56. The molecule has 0 spiro atoms. The van der Waals surface area contributed by atoms with E-state index in [1.165, 1.54) is 22.7 Å². The molecule has 2 heterocycles. The van der Waals surface area contributed by atoms with Crippen molar-refractivity contribution in [1.82, 2.24) is 4.98 Å². The first kappa shape index (κ1) is 11.7. The number of anilines is 1. The second-order valence-electron chi connectivity index (χ2n) is 2.81. The van der Waals surface area contributed by atoms with Crippen molar-refractivity contribution >= 4 is 51.0 Å². The molecule has 0 saturated carbocycles. The van der Waals surface area contributed by atoms with E-state index in [1.54, 1.807) is 0 Å². The molecule has 2 aromatic rings. The number of thiophene rings is 1. The van der Waals surface area contributed by atoms with Crippen LogP contribution < -0.4 is 5.32 Å². The summed E-state index contributed by atoms with van der Waals surface area (Å²) in [7, 11) is 0. The first-order valence-electron chi connectivity index (χ1n) is 4.23. The molecule has 82 valence electrons. The second-order valence-corrected chi connectivity index (χ2v) is 5.97. The van der Waals surface area contributed by atoms with E-state index in [0.29, 0.717) is 16.6 Å². The summed E-state index contributed by atoms with van der Waals surface area (Å²) < 4.78 is 0.756. The Kier molecular flexibility index (Phi) is 3.66. The summed E-state index contributed by atoms with van der Waals surface area (Å²) in [6.45, 7) is 0.631. The molecule has 0 unspecified atom stereocenters. The maximum atomic E-state index is 8.71. The highest BCUT2D eigenvalue weighted by Crippen LogP contribution is 2.27. The van der Waals surface area contributed by atoms with Gasteiger partial charge in [-0.1, -0.05) is 34.5 Å². The van der Waals surface area contributed by atoms with Gasteiger partial charge in [-0.15, -0.1) is 11.3 Å². The van der Waals surface area contributed by atoms with E-state index in [2.05, 4.69) is 10.3 Å². The fourth-order valence-corrected chi connectivity index (χ4v) is 3.03. The lowest BCUT2D eigenvalue weighted by Gasteiger charge is -1.97. The number of thiazole rings is 1. The highest BCUT2D eigenvalue weighted by Gasteiger charge is 2.08. The topological polar surface area (TPSA) is 48.7 Å². The Balaban J connectivity index is 2.02. The average molecular weight is 290 g/mol. The zero-order valence-corrected chi connectivity index (χ0v) is 11.0. The van der Waals surface area contributed by atoms with Crippen LogP contribution in [0.3, 0.4) is 0 Å². The normalized spacial score (nSPS) is 10.1. The molecular formula is C9H5Cl2N3S2. The molecule has 0 aromatic carbocycles. The summed E-state index contributed by atoms with van der Waals surface area (Å²) in [5.41, 5.74) is 0. The fraction of sp³-hybridized carbons (Fsp3) is 0.111. The molecule has 2 rings (SSSR count). The standard InChI is InChI=1S/C9H5Cl2N3S2/c10-7-2-1-5(15-7)4-13-9-14-8(11)6(3-12)16-9/h1-2H,4H2,(H,13,14). The monoisotopic (exact) mass is 289 g/mol. The smallest absolute Gasteiger partial charge is 0.185 e. The van der Waals surface area contributed by atoms with Gasteiger partial charge in [0.25, 0.3) is 0 Å². The second kappa shape index (κ2) is 5.02. The van der Waals surface area contributed by atoms with Crippen LogP contribution >= 0.6 is 45.9 Å². The van der Waals surface area contributed by atoms with Crippen LogP contribution in [-0.4, -0.2) is 4.98 Å². The summed E-state index contributed by atoms with van der Waals surface area (Å²) in [6.07, 6.45) is 0. The number of nitriles is 1. The predicted molar refractivity (Wildman–Crippen MR) is 68.5 cm³/mol. The number of rotatable bonds is 3. The van der Waals surface area contributed by atoms with Crippen LogP contribution in [0.25, 0.3) is 0 Å². The van der Waals surface area contributed by atoms with Crippen LogP contribution in [0.4, 0.5) is 5.13 Å². The van der Waals surface area contributed by atoms with Crippen LogP contribution in [0.2, 0.25) is 9.49 Å². The molecule has 0 saturated heterocycles. The Hall–Kier alpha value is -0.800. The molecule has 2 aromatic heterocycles. The predicted octanol–water partition coefficient (Wildman–Crippen LogP) is 4.00. The first-order valence-corrected chi connectivity index (χ1v) is 6.62. The largest absolute Gasteiger partial charge is 0.357 e. The molecule has 0 bridgehead atoms. The highest BCUT2D eigenvalue weighted by atomic mass is 35.5. The maximum Gasteiger partial charge on any atom is 0.185 e. The van der Waals surface area contributed by atoms with Gasteiger partial charge in [0.1, 0.15) is 10.9 Å². The van der Waals surface area contributed by atoms with Crippen molar-refractivity contribution in [3.63, 3.8) is 0 Å². The lowest BCUT2D eigenvalue weighted by molar-refractivity contribution is 1.17. The van der Waals surface area contributed by atoms with Gasteiger partial charge < -0.3 is 5.32 Å². The van der Waals surface area contributed by atoms with Crippen molar-refractivity contribution in [3.05, 3.63) is 31.4 Å². The van der Waals surface area contributed by atoms with Crippen LogP contribution in [0.1, 0.15) is 9.75 Å². The van der Waals surface area contributed by atoms with Gasteiger partial charge in [-0.25, -0.2) is 4.98 Å². The number of nitrogens with one attached hydrogen (secondary N) is 1. The minimum absolute atomic E-state index is 0.249. The lowest BCUT2D eigenvalue weighted by atomic mass is 10.5. The van der Waals surface area contributed by atoms with E-state index >= 15 is 0 Å². The van der Waals surface area contributed by atoms with E-state index in [4.69, 9.17) is 28.5 Å². The van der Waals surface area contributed by atoms with E-state index in [1.807, 2.05) is 18.2 Å². The molecule has 0 aliphatic rings. The molecule has 0 aliphatic carbocycles. The Morgan fingerprint density at radius 3 is 2.75 bits per heavy atom. The molecule has 0 amide bonds. The highest BCUT2D eigenvalue weighted by molar-refractivity contribution is 7.17. The third-order valence-corrected chi connectivity index (χ3v) is 4.26. The molecule has 3 nitrogen and oxygen atoms in total. The van der Waals surface area contributed by atoms with Crippen molar-refractivity contribution in [1.29, 1.82) is 5.26 Å². The van der Waals surface area contributed by atoms with Crippen molar-refractivity contribution in [2.75, 3.05) is 5.32 Å². The quantitative estimate of drug-likeness (QED) is 0.929. The Bertz CT molecular complexity index is 541. The van der Waals surface area contributed by atoms with Gasteiger partial charge in [0.2, 0.25) is 0 Å². The number of hydrogen-bond acceptors (Lipinski definition) is 5. The van der Waals surface area contributed by atoms with Crippen molar-refractivity contribution in [2.45, 2.75) is 6.54 Å². The lowest BCUT2D eigenvalue weighted by Crippen LogP contribution is -1.95. The Morgan fingerprint density at radius 2 is 2.19 bits per heavy atom. The SMILES string of the molecule is N#Cc1sc(NCc2ccc(Cl)s2)nc1Cl. The molecule has 1 N–H and O–H groups in total. The van der Waals surface area contributed by atoms with Crippen LogP contribution in [-0.2, 0) is 6.54 Å².